The van der Waals surface area contributed by atoms with Crippen LogP contribution in [0.5, 0.6) is 0 Å². The lowest BCUT2D eigenvalue weighted by Gasteiger charge is -2.24. The first-order valence-corrected chi connectivity index (χ1v) is 10.4. The van der Waals surface area contributed by atoms with Gasteiger partial charge in [0.15, 0.2) is 0 Å². The highest BCUT2D eigenvalue weighted by Gasteiger charge is 2.24. The van der Waals surface area contributed by atoms with E-state index in [0.29, 0.717) is 0 Å². The number of rotatable bonds is 6. The molecule has 0 saturated heterocycles. The van der Waals surface area contributed by atoms with E-state index in [1.165, 1.54) is 18.2 Å². The highest BCUT2D eigenvalue weighted by Crippen LogP contribution is 2.23. The first kappa shape index (κ1) is 20.9. The Labute approximate surface area is 160 Å². The van der Waals surface area contributed by atoms with E-state index in [-0.39, 0.29) is 11.7 Å². The van der Waals surface area contributed by atoms with Crippen molar-refractivity contribution >= 4 is 21.6 Å². The van der Waals surface area contributed by atoms with Gasteiger partial charge in [-0.25, -0.2) is 12.8 Å². The zero-order valence-corrected chi connectivity index (χ0v) is 17.0. The monoisotopic (exact) mass is 392 g/mol. The molecule has 2 aromatic carbocycles. The van der Waals surface area contributed by atoms with Gasteiger partial charge < -0.3 is 5.32 Å². The Morgan fingerprint density at radius 3 is 2.30 bits per heavy atom. The zero-order chi connectivity index (χ0) is 20.4. The fourth-order valence-electron chi connectivity index (χ4n) is 2.98. The number of carbonyl (C=O) groups is 1. The van der Waals surface area contributed by atoms with Gasteiger partial charge in [-0.05, 0) is 62.1 Å². The van der Waals surface area contributed by atoms with Crippen molar-refractivity contribution in [1.82, 2.24) is 5.32 Å². The van der Waals surface area contributed by atoms with Crippen molar-refractivity contribution in [2.75, 3.05) is 17.1 Å². The number of carbonyl (C=O) groups excluding carboxylic acids is 1. The minimum absolute atomic E-state index is 0.148. The third-order valence-electron chi connectivity index (χ3n) is 4.54. The number of sulfonamides is 1. The summed E-state index contributed by atoms with van der Waals surface area (Å²) in [6.07, 6.45) is 0.948. The second-order valence-corrected chi connectivity index (χ2v) is 8.71. The topological polar surface area (TPSA) is 66.5 Å². The Bertz CT molecular complexity index is 958. The van der Waals surface area contributed by atoms with Crippen molar-refractivity contribution in [1.29, 1.82) is 0 Å². The number of hydrogen-bond donors (Lipinski definition) is 1. The largest absolute Gasteiger partial charge is 0.348 e. The molecule has 0 heterocycles. The predicted octanol–water partition coefficient (Wildman–Crippen LogP) is 3.39. The highest BCUT2D eigenvalue weighted by atomic mass is 32.2. The Kier molecular flexibility index (Phi) is 6.26. The SMILES string of the molecule is Cc1cc(C)c([C@@H](C)NC(=O)CN(c2ccccc2F)S(C)(=O)=O)cc1C. The summed E-state index contributed by atoms with van der Waals surface area (Å²) in [7, 11) is -3.82. The van der Waals surface area contributed by atoms with Crippen LogP contribution in [0, 0.1) is 26.6 Å². The molecule has 0 aromatic heterocycles. The number of anilines is 1. The molecular weight excluding hydrogens is 367 g/mol. The number of hydrogen-bond acceptors (Lipinski definition) is 3. The molecule has 1 amide bonds. The number of aryl methyl sites for hydroxylation is 3. The van der Waals surface area contributed by atoms with Crippen LogP contribution in [0.2, 0.25) is 0 Å². The van der Waals surface area contributed by atoms with Crippen molar-refractivity contribution < 1.29 is 17.6 Å². The van der Waals surface area contributed by atoms with Crippen LogP contribution < -0.4 is 9.62 Å². The Hall–Kier alpha value is -2.41. The van der Waals surface area contributed by atoms with E-state index in [0.717, 1.165) is 38.9 Å². The van der Waals surface area contributed by atoms with Crippen LogP contribution in [0.15, 0.2) is 36.4 Å². The van der Waals surface area contributed by atoms with Gasteiger partial charge in [0, 0.05) is 0 Å². The second-order valence-electron chi connectivity index (χ2n) is 6.80. The summed E-state index contributed by atoms with van der Waals surface area (Å²) in [5.41, 5.74) is 4.13. The molecule has 0 aliphatic heterocycles. The predicted molar refractivity (Wildman–Crippen MR) is 106 cm³/mol. The fourth-order valence-corrected chi connectivity index (χ4v) is 3.84. The van der Waals surface area contributed by atoms with E-state index in [2.05, 4.69) is 11.4 Å². The molecule has 27 heavy (non-hydrogen) atoms. The molecule has 2 rings (SSSR count). The maximum Gasteiger partial charge on any atom is 0.241 e. The third kappa shape index (κ3) is 5.07. The summed E-state index contributed by atoms with van der Waals surface area (Å²) in [5, 5.41) is 2.81. The number of nitrogens with zero attached hydrogens (tertiary/aromatic N) is 1. The van der Waals surface area contributed by atoms with Gasteiger partial charge in [-0.2, -0.15) is 0 Å². The molecule has 0 unspecified atom stereocenters. The standard InChI is InChI=1S/C20H25FN2O3S/c1-13-10-15(3)17(11-14(13)2)16(4)22-20(24)12-23(27(5,25)26)19-9-7-6-8-18(19)21/h6-11,16H,12H2,1-5H3,(H,22,24)/t16-/m1/s1. The minimum atomic E-state index is -3.82. The van der Waals surface area contributed by atoms with Gasteiger partial charge in [-0.3, -0.25) is 9.10 Å². The molecule has 1 atom stereocenters. The molecule has 5 nitrogen and oxygen atoms in total. The van der Waals surface area contributed by atoms with Gasteiger partial charge in [-0.1, -0.05) is 24.3 Å². The van der Waals surface area contributed by atoms with Crippen molar-refractivity contribution in [3.05, 3.63) is 64.5 Å². The molecule has 146 valence electrons. The minimum Gasteiger partial charge on any atom is -0.348 e. The van der Waals surface area contributed by atoms with Crippen LogP contribution in [-0.2, 0) is 14.8 Å². The van der Waals surface area contributed by atoms with Gasteiger partial charge in [0.2, 0.25) is 15.9 Å². The van der Waals surface area contributed by atoms with Crippen LogP contribution in [0.3, 0.4) is 0 Å². The van der Waals surface area contributed by atoms with E-state index >= 15 is 0 Å². The maximum absolute atomic E-state index is 14.0. The summed E-state index contributed by atoms with van der Waals surface area (Å²) in [6, 6.07) is 9.24. The van der Waals surface area contributed by atoms with Gasteiger partial charge in [0.1, 0.15) is 12.4 Å². The number of halogens is 1. The summed E-state index contributed by atoms with van der Waals surface area (Å²) in [6.45, 7) is 7.33. The summed E-state index contributed by atoms with van der Waals surface area (Å²) in [4.78, 5) is 12.5. The molecule has 0 fully saturated rings. The van der Waals surface area contributed by atoms with Crippen molar-refractivity contribution in [2.24, 2.45) is 0 Å². The molecular formula is C20H25FN2O3S. The number of benzene rings is 2. The third-order valence-corrected chi connectivity index (χ3v) is 5.66. The van der Waals surface area contributed by atoms with E-state index in [9.17, 15) is 17.6 Å². The quantitative estimate of drug-likeness (QED) is 0.819. The average Bonchev–Trinajstić information content (AvgIpc) is 2.55. The van der Waals surface area contributed by atoms with Crippen LogP contribution in [0.25, 0.3) is 0 Å². The van der Waals surface area contributed by atoms with Crippen LogP contribution in [0.4, 0.5) is 10.1 Å². The van der Waals surface area contributed by atoms with E-state index in [1.54, 1.807) is 0 Å². The lowest BCUT2D eigenvalue weighted by Crippen LogP contribution is -2.41. The van der Waals surface area contributed by atoms with Gasteiger partial charge in [0.05, 0.1) is 18.0 Å². The number of para-hydroxylation sites is 1. The Morgan fingerprint density at radius 1 is 1.11 bits per heavy atom. The molecule has 0 spiro atoms. The molecule has 0 bridgehead atoms. The molecule has 0 radical (unpaired) electrons. The number of amides is 1. The molecule has 2 aromatic rings. The maximum atomic E-state index is 14.0. The van der Waals surface area contributed by atoms with E-state index in [1.807, 2.05) is 33.8 Å². The van der Waals surface area contributed by atoms with Gasteiger partial charge in [-0.15, -0.1) is 0 Å². The Balaban J connectivity index is 2.22. The Morgan fingerprint density at radius 2 is 1.70 bits per heavy atom. The van der Waals surface area contributed by atoms with Gasteiger partial charge in [0.25, 0.3) is 0 Å². The van der Waals surface area contributed by atoms with Gasteiger partial charge >= 0.3 is 0 Å². The molecule has 0 aliphatic rings. The van der Waals surface area contributed by atoms with E-state index < -0.39 is 28.3 Å². The average molecular weight is 392 g/mol. The van der Waals surface area contributed by atoms with Crippen LogP contribution in [0.1, 0.15) is 35.2 Å². The van der Waals surface area contributed by atoms with Crippen LogP contribution in [-0.4, -0.2) is 27.1 Å². The molecule has 0 aliphatic carbocycles. The highest BCUT2D eigenvalue weighted by molar-refractivity contribution is 7.92. The fraction of sp³-hybridized carbons (Fsp3) is 0.350. The number of nitrogens with one attached hydrogen (secondary N) is 1. The summed E-state index contributed by atoms with van der Waals surface area (Å²) >= 11 is 0. The molecule has 1 N–H and O–H groups in total. The first-order valence-electron chi connectivity index (χ1n) is 8.60. The summed E-state index contributed by atoms with van der Waals surface area (Å²) in [5.74, 6) is -1.21. The molecule has 7 heteroatoms. The van der Waals surface area contributed by atoms with Crippen molar-refractivity contribution in [2.45, 2.75) is 33.7 Å². The van der Waals surface area contributed by atoms with E-state index in [4.69, 9.17) is 0 Å². The smallest absolute Gasteiger partial charge is 0.241 e. The summed E-state index contributed by atoms with van der Waals surface area (Å²) < 4.78 is 39.0. The van der Waals surface area contributed by atoms with Crippen molar-refractivity contribution in [3.8, 4) is 0 Å². The first-order chi connectivity index (χ1) is 12.5. The normalized spacial score (nSPS) is 12.5. The molecule has 0 saturated carbocycles. The zero-order valence-electron chi connectivity index (χ0n) is 16.2. The lowest BCUT2D eigenvalue weighted by atomic mass is 9.96. The van der Waals surface area contributed by atoms with Crippen molar-refractivity contribution in [3.63, 3.8) is 0 Å². The lowest BCUT2D eigenvalue weighted by molar-refractivity contribution is -0.120. The van der Waals surface area contributed by atoms with Crippen LogP contribution >= 0.6 is 0 Å². The second kappa shape index (κ2) is 8.08.